The number of carbonyl (C=O) groups excluding carboxylic acids is 3. The molecule has 46 heavy (non-hydrogen) atoms. The van der Waals surface area contributed by atoms with Gasteiger partial charge in [0, 0.05) is 26.2 Å². The number of amides is 4. The number of nitrogens with one attached hydrogen (secondary N) is 4. The molecule has 0 radical (unpaired) electrons. The summed E-state index contributed by atoms with van der Waals surface area (Å²) in [5.41, 5.74) is 6.05. The lowest BCUT2D eigenvalue weighted by Gasteiger charge is -2.32. The number of fused-ring (bicyclic) bond motifs is 1. The Hall–Kier alpha value is -3.83. The first-order valence-corrected chi connectivity index (χ1v) is 16.0. The van der Waals surface area contributed by atoms with Crippen LogP contribution in [0.15, 0.2) is 42.6 Å². The molecule has 1 atom stereocenters. The number of hydrazine groups is 1. The minimum Gasteiger partial charge on any atom is -0.443 e. The van der Waals surface area contributed by atoms with Crippen molar-refractivity contribution in [2.75, 3.05) is 13.2 Å². The molecule has 0 aliphatic carbocycles. The number of halogens is 3. The molecule has 1 heterocycles. The van der Waals surface area contributed by atoms with Gasteiger partial charge in [-0.15, -0.1) is 0 Å². The van der Waals surface area contributed by atoms with Crippen LogP contribution in [0, 0.1) is 11.6 Å². The largest absolute Gasteiger partial charge is 0.443 e. The monoisotopic (exact) mass is 686 g/mol. The van der Waals surface area contributed by atoms with Gasteiger partial charge in [0.25, 0.3) is 0 Å². The Kier molecular flexibility index (Phi) is 12.8. The number of carbonyl (C=O) groups is 3. The summed E-state index contributed by atoms with van der Waals surface area (Å²) in [5.74, 6) is -1.49. The third-order valence-electron chi connectivity index (χ3n) is 6.38. The fourth-order valence-electron chi connectivity index (χ4n) is 4.30. The van der Waals surface area contributed by atoms with E-state index in [2.05, 4.69) is 15.6 Å². The van der Waals surface area contributed by atoms with Crippen LogP contribution in [0.4, 0.5) is 18.4 Å². The Labute approximate surface area is 271 Å². The number of hydrogen-bond acceptors (Lipinski definition) is 8. The van der Waals surface area contributed by atoms with E-state index in [1.54, 1.807) is 43.7 Å². The summed E-state index contributed by atoms with van der Waals surface area (Å²) in [6.07, 6.45) is 2.22. The Morgan fingerprint density at radius 3 is 2.59 bits per heavy atom. The minimum atomic E-state index is -4.25. The molecule has 252 valence electrons. The number of benzene rings is 2. The van der Waals surface area contributed by atoms with Crippen molar-refractivity contribution in [3.05, 3.63) is 75.9 Å². The molecule has 13 nitrogen and oxygen atoms in total. The third kappa shape index (κ3) is 11.5. The molecule has 0 unspecified atom stereocenters. The van der Waals surface area contributed by atoms with Crippen molar-refractivity contribution in [1.82, 2.24) is 30.3 Å². The normalized spacial score (nSPS) is 13.5. The number of rotatable bonds is 13. The Morgan fingerprint density at radius 2 is 1.89 bits per heavy atom. The highest BCUT2D eigenvalue weighted by Crippen LogP contribution is 2.21. The van der Waals surface area contributed by atoms with E-state index in [1.807, 2.05) is 0 Å². The summed E-state index contributed by atoms with van der Waals surface area (Å²) in [4.78, 5) is 44.1. The molecule has 0 saturated heterocycles. The van der Waals surface area contributed by atoms with Crippen molar-refractivity contribution >= 4 is 45.9 Å². The van der Waals surface area contributed by atoms with Crippen LogP contribution in [0.5, 0.6) is 0 Å². The SMILES string of the molecule is CC(=O)N(NCc1cccc(F)c1Cl)[C@@H](CCCNS(=O)(=O)NC(=O)OC(C)(C)C)CONC(=O)N1C=Cc2cc(F)ccc2C1. The van der Waals surface area contributed by atoms with E-state index in [9.17, 15) is 31.6 Å². The molecule has 3 rings (SSSR count). The Balaban J connectivity index is 1.63. The van der Waals surface area contributed by atoms with Crippen LogP contribution < -0.4 is 20.4 Å². The van der Waals surface area contributed by atoms with Gasteiger partial charge < -0.3 is 4.74 Å². The third-order valence-corrected chi connectivity index (χ3v) is 7.82. The highest BCUT2D eigenvalue weighted by molar-refractivity contribution is 7.88. The molecular weight excluding hydrogens is 650 g/mol. The molecule has 0 fully saturated rings. The summed E-state index contributed by atoms with van der Waals surface area (Å²) in [6.45, 7) is 5.77. The molecule has 4 amide bonds. The summed E-state index contributed by atoms with van der Waals surface area (Å²) < 4.78 is 61.0. The van der Waals surface area contributed by atoms with E-state index in [1.165, 1.54) is 47.3 Å². The number of ether oxygens (including phenoxy) is 1. The molecule has 2 aromatic carbocycles. The Bertz CT molecular complexity index is 1550. The van der Waals surface area contributed by atoms with Crippen LogP contribution in [0.2, 0.25) is 5.02 Å². The summed E-state index contributed by atoms with van der Waals surface area (Å²) in [6, 6.07) is 7.07. The molecule has 17 heteroatoms. The topological polar surface area (TPSA) is 158 Å². The fourth-order valence-corrected chi connectivity index (χ4v) is 5.24. The second-order valence-corrected chi connectivity index (χ2v) is 13.1. The van der Waals surface area contributed by atoms with Gasteiger partial charge in [0.05, 0.1) is 24.2 Å². The second kappa shape index (κ2) is 16.1. The second-order valence-electron chi connectivity index (χ2n) is 11.2. The number of hydrogen-bond donors (Lipinski definition) is 4. The van der Waals surface area contributed by atoms with Crippen LogP contribution in [-0.2, 0) is 37.7 Å². The van der Waals surface area contributed by atoms with Crippen molar-refractivity contribution in [3.8, 4) is 0 Å². The van der Waals surface area contributed by atoms with Crippen LogP contribution in [0.3, 0.4) is 0 Å². The summed E-state index contributed by atoms with van der Waals surface area (Å²) in [5, 5.41) is 1.09. The quantitative estimate of drug-likeness (QED) is 0.181. The predicted molar refractivity (Wildman–Crippen MR) is 166 cm³/mol. The molecule has 0 bridgehead atoms. The Morgan fingerprint density at radius 1 is 1.15 bits per heavy atom. The van der Waals surface area contributed by atoms with E-state index < -0.39 is 51.5 Å². The number of nitrogens with zero attached hydrogens (tertiary/aromatic N) is 2. The summed E-state index contributed by atoms with van der Waals surface area (Å²) >= 11 is 6.06. The van der Waals surface area contributed by atoms with Crippen molar-refractivity contribution in [3.63, 3.8) is 0 Å². The van der Waals surface area contributed by atoms with Crippen molar-refractivity contribution in [1.29, 1.82) is 0 Å². The molecule has 0 aromatic heterocycles. The van der Waals surface area contributed by atoms with Gasteiger partial charge in [-0.3, -0.25) is 19.5 Å². The average molecular weight is 687 g/mol. The zero-order valence-corrected chi connectivity index (χ0v) is 27.3. The standard InChI is InChI=1S/C29H37ClF2N6O7S/c1-19(39)38(33-16-21-7-5-9-25(32)26(21)30)24(8-6-13-34-46(42,43)36-28(41)45-29(2,3)4)18-44-35-27(40)37-14-12-20-15-23(31)11-10-22(20)17-37/h5,7,9-12,14-15,24,33-34H,6,8,13,16-18H2,1-4H3,(H,35,40)(H,36,41)/t24-/m0/s1. The maximum Gasteiger partial charge on any atom is 0.422 e. The smallest absolute Gasteiger partial charge is 0.422 e. The van der Waals surface area contributed by atoms with Gasteiger partial charge in [-0.2, -0.15) is 13.1 Å². The highest BCUT2D eigenvalue weighted by Gasteiger charge is 2.25. The first-order valence-electron chi connectivity index (χ1n) is 14.2. The number of hydroxylamine groups is 1. The molecular formula is C29H37ClF2N6O7S. The van der Waals surface area contributed by atoms with Crippen molar-refractivity contribution < 1.29 is 41.2 Å². The van der Waals surface area contributed by atoms with E-state index in [4.69, 9.17) is 21.2 Å². The zero-order chi connectivity index (χ0) is 34.1. The first-order chi connectivity index (χ1) is 21.5. The van der Waals surface area contributed by atoms with Gasteiger partial charge in [-0.05, 0) is 74.6 Å². The van der Waals surface area contributed by atoms with Gasteiger partial charge in [0.1, 0.15) is 17.2 Å². The van der Waals surface area contributed by atoms with E-state index in [0.29, 0.717) is 11.1 Å². The highest BCUT2D eigenvalue weighted by atomic mass is 35.5. The van der Waals surface area contributed by atoms with Gasteiger partial charge in [0.2, 0.25) is 5.91 Å². The van der Waals surface area contributed by atoms with Crippen LogP contribution in [0.25, 0.3) is 6.08 Å². The minimum absolute atomic E-state index is 0.0377. The van der Waals surface area contributed by atoms with Crippen LogP contribution in [-0.4, -0.2) is 61.2 Å². The molecule has 1 aliphatic heterocycles. The molecule has 2 aromatic rings. The van der Waals surface area contributed by atoms with Gasteiger partial charge >= 0.3 is 22.3 Å². The first kappa shape index (κ1) is 36.6. The molecule has 0 saturated carbocycles. The van der Waals surface area contributed by atoms with Gasteiger partial charge in [-0.1, -0.05) is 29.8 Å². The average Bonchev–Trinajstić information content (AvgIpc) is 2.95. The molecule has 1 aliphatic rings. The van der Waals surface area contributed by atoms with Crippen molar-refractivity contribution in [2.45, 2.75) is 65.3 Å². The van der Waals surface area contributed by atoms with E-state index in [-0.39, 0.29) is 44.1 Å². The maximum absolute atomic E-state index is 14.0. The number of urea groups is 1. The predicted octanol–water partition coefficient (Wildman–Crippen LogP) is 4.11. The zero-order valence-electron chi connectivity index (χ0n) is 25.7. The lowest BCUT2D eigenvalue weighted by molar-refractivity contribution is -0.138. The lowest BCUT2D eigenvalue weighted by atomic mass is 10.0. The molecule has 4 N–H and O–H groups in total. The van der Waals surface area contributed by atoms with Gasteiger partial charge in [0.15, 0.2) is 0 Å². The van der Waals surface area contributed by atoms with Crippen molar-refractivity contribution in [2.24, 2.45) is 0 Å². The van der Waals surface area contributed by atoms with Crippen LogP contribution >= 0.6 is 11.6 Å². The van der Waals surface area contributed by atoms with E-state index >= 15 is 0 Å². The van der Waals surface area contributed by atoms with Crippen LogP contribution in [0.1, 0.15) is 57.2 Å². The lowest BCUT2D eigenvalue weighted by Crippen LogP contribution is -2.51. The van der Waals surface area contributed by atoms with E-state index in [0.717, 1.165) is 5.56 Å². The summed E-state index contributed by atoms with van der Waals surface area (Å²) in [7, 11) is -4.25. The molecule has 0 spiro atoms. The van der Waals surface area contributed by atoms with Gasteiger partial charge in [-0.25, -0.2) is 34.0 Å². The maximum atomic E-state index is 14.0. The fraction of sp³-hybridized carbons (Fsp3) is 0.414.